The van der Waals surface area contributed by atoms with E-state index in [0.717, 1.165) is 21.7 Å². The number of halogens is 3. The van der Waals surface area contributed by atoms with Gasteiger partial charge in [0.1, 0.15) is 0 Å². The Hall–Kier alpha value is -1.26. The number of benzene rings is 2. The van der Waals surface area contributed by atoms with Gasteiger partial charge in [0.15, 0.2) is 11.6 Å². The van der Waals surface area contributed by atoms with E-state index in [2.05, 4.69) is 21.2 Å². The van der Waals surface area contributed by atoms with E-state index in [4.69, 9.17) is 0 Å². The monoisotopic (exact) mass is 325 g/mol. The van der Waals surface area contributed by atoms with E-state index in [1.165, 1.54) is 6.07 Å². The Morgan fingerprint density at radius 3 is 2.58 bits per heavy atom. The minimum atomic E-state index is -0.816. The van der Waals surface area contributed by atoms with Gasteiger partial charge in [0.25, 0.3) is 0 Å². The van der Waals surface area contributed by atoms with Crippen LogP contribution >= 0.6 is 15.9 Å². The SMILES string of the molecule is CC(NCc1ccc(F)c(F)c1)c1cccc(Br)c1. The Morgan fingerprint density at radius 2 is 1.89 bits per heavy atom. The third-order valence-corrected chi connectivity index (χ3v) is 3.44. The topological polar surface area (TPSA) is 12.0 Å². The fourth-order valence-corrected chi connectivity index (χ4v) is 2.23. The van der Waals surface area contributed by atoms with Crippen molar-refractivity contribution in [2.45, 2.75) is 19.5 Å². The van der Waals surface area contributed by atoms with E-state index >= 15 is 0 Å². The molecule has 2 aromatic carbocycles. The molecule has 0 aliphatic heterocycles. The largest absolute Gasteiger partial charge is 0.306 e. The average Bonchev–Trinajstić information content (AvgIpc) is 2.40. The summed E-state index contributed by atoms with van der Waals surface area (Å²) in [5.74, 6) is -1.63. The van der Waals surface area contributed by atoms with Gasteiger partial charge in [-0.3, -0.25) is 0 Å². The van der Waals surface area contributed by atoms with Crippen molar-refractivity contribution < 1.29 is 8.78 Å². The molecular weight excluding hydrogens is 312 g/mol. The normalized spacial score (nSPS) is 12.4. The van der Waals surface area contributed by atoms with Gasteiger partial charge in [0, 0.05) is 17.1 Å². The van der Waals surface area contributed by atoms with Gasteiger partial charge in [0.05, 0.1) is 0 Å². The van der Waals surface area contributed by atoms with Gasteiger partial charge < -0.3 is 5.32 Å². The lowest BCUT2D eigenvalue weighted by atomic mass is 10.1. The maximum absolute atomic E-state index is 13.1. The van der Waals surface area contributed by atoms with Gasteiger partial charge in [-0.25, -0.2) is 8.78 Å². The van der Waals surface area contributed by atoms with Crippen LogP contribution in [-0.4, -0.2) is 0 Å². The molecule has 1 unspecified atom stereocenters. The molecular formula is C15H14BrF2N. The van der Waals surface area contributed by atoms with Gasteiger partial charge >= 0.3 is 0 Å². The number of rotatable bonds is 4. The molecule has 1 N–H and O–H groups in total. The summed E-state index contributed by atoms with van der Waals surface area (Å²) < 4.78 is 26.9. The third-order valence-electron chi connectivity index (χ3n) is 2.95. The van der Waals surface area contributed by atoms with Crippen LogP contribution in [0.25, 0.3) is 0 Å². The highest BCUT2D eigenvalue weighted by Gasteiger charge is 2.07. The molecule has 1 atom stereocenters. The zero-order chi connectivity index (χ0) is 13.8. The van der Waals surface area contributed by atoms with Crippen LogP contribution in [0, 0.1) is 11.6 Å². The molecule has 0 aliphatic rings. The van der Waals surface area contributed by atoms with Crippen LogP contribution in [0.4, 0.5) is 8.78 Å². The molecule has 4 heteroatoms. The van der Waals surface area contributed by atoms with Crippen LogP contribution in [0.15, 0.2) is 46.9 Å². The fourth-order valence-electron chi connectivity index (χ4n) is 1.81. The van der Waals surface area contributed by atoms with E-state index in [1.807, 2.05) is 31.2 Å². The first kappa shape index (κ1) is 14.2. The van der Waals surface area contributed by atoms with E-state index in [0.29, 0.717) is 6.54 Å². The Labute approximate surface area is 119 Å². The molecule has 2 rings (SSSR count). The van der Waals surface area contributed by atoms with Gasteiger partial charge in [-0.2, -0.15) is 0 Å². The Kier molecular flexibility index (Phi) is 4.66. The van der Waals surface area contributed by atoms with Gasteiger partial charge in [-0.05, 0) is 42.3 Å². The van der Waals surface area contributed by atoms with Gasteiger partial charge in [-0.1, -0.05) is 34.1 Å². The van der Waals surface area contributed by atoms with Crippen molar-refractivity contribution in [2.75, 3.05) is 0 Å². The lowest BCUT2D eigenvalue weighted by Crippen LogP contribution is -2.18. The molecule has 0 bridgehead atoms. The zero-order valence-corrected chi connectivity index (χ0v) is 12.0. The van der Waals surface area contributed by atoms with E-state index < -0.39 is 11.6 Å². The van der Waals surface area contributed by atoms with Crippen molar-refractivity contribution in [3.8, 4) is 0 Å². The highest BCUT2D eigenvalue weighted by Crippen LogP contribution is 2.18. The highest BCUT2D eigenvalue weighted by molar-refractivity contribution is 9.10. The van der Waals surface area contributed by atoms with Crippen LogP contribution in [0.3, 0.4) is 0 Å². The summed E-state index contributed by atoms with van der Waals surface area (Å²) in [6, 6.07) is 12.1. The molecule has 0 amide bonds. The molecule has 19 heavy (non-hydrogen) atoms. The Balaban J connectivity index is 2.00. The lowest BCUT2D eigenvalue weighted by molar-refractivity contribution is 0.504. The third kappa shape index (κ3) is 3.85. The maximum Gasteiger partial charge on any atom is 0.159 e. The predicted molar refractivity (Wildman–Crippen MR) is 75.8 cm³/mol. The minimum absolute atomic E-state index is 0.130. The first-order chi connectivity index (χ1) is 9.06. The first-order valence-electron chi connectivity index (χ1n) is 5.99. The molecule has 2 aromatic rings. The minimum Gasteiger partial charge on any atom is -0.306 e. The zero-order valence-electron chi connectivity index (χ0n) is 10.5. The molecule has 0 aliphatic carbocycles. The van der Waals surface area contributed by atoms with Gasteiger partial charge in [-0.15, -0.1) is 0 Å². The van der Waals surface area contributed by atoms with Crippen LogP contribution in [-0.2, 0) is 6.54 Å². The van der Waals surface area contributed by atoms with E-state index in [-0.39, 0.29) is 6.04 Å². The van der Waals surface area contributed by atoms with Crippen LogP contribution < -0.4 is 5.32 Å². The van der Waals surface area contributed by atoms with Crippen molar-refractivity contribution >= 4 is 15.9 Å². The van der Waals surface area contributed by atoms with Crippen LogP contribution in [0.2, 0.25) is 0 Å². The predicted octanol–water partition coefficient (Wildman–Crippen LogP) is 4.58. The molecule has 1 nitrogen and oxygen atoms in total. The van der Waals surface area contributed by atoms with Crippen molar-refractivity contribution in [3.05, 3.63) is 69.7 Å². The molecule has 0 saturated heterocycles. The second kappa shape index (κ2) is 6.26. The summed E-state index contributed by atoms with van der Waals surface area (Å²) in [5, 5.41) is 3.28. The number of hydrogen-bond acceptors (Lipinski definition) is 1. The smallest absolute Gasteiger partial charge is 0.159 e. The molecule has 0 radical (unpaired) electrons. The summed E-state index contributed by atoms with van der Waals surface area (Å²) in [6.07, 6.45) is 0. The second-order valence-corrected chi connectivity index (χ2v) is 5.32. The summed E-state index contributed by atoms with van der Waals surface area (Å²) in [6.45, 7) is 2.52. The lowest BCUT2D eigenvalue weighted by Gasteiger charge is -2.14. The van der Waals surface area contributed by atoms with E-state index in [1.54, 1.807) is 6.07 Å². The summed E-state index contributed by atoms with van der Waals surface area (Å²) in [5.41, 5.74) is 1.86. The van der Waals surface area contributed by atoms with E-state index in [9.17, 15) is 8.78 Å². The Morgan fingerprint density at radius 1 is 1.11 bits per heavy atom. The number of nitrogens with one attached hydrogen (secondary N) is 1. The molecule has 0 aromatic heterocycles. The molecule has 0 heterocycles. The standard InChI is InChI=1S/C15H14BrF2N/c1-10(12-3-2-4-13(16)8-12)19-9-11-5-6-14(17)15(18)7-11/h2-8,10,19H,9H2,1H3. The maximum atomic E-state index is 13.1. The molecule has 0 fully saturated rings. The fraction of sp³-hybridized carbons (Fsp3) is 0.200. The quantitative estimate of drug-likeness (QED) is 0.867. The summed E-state index contributed by atoms with van der Waals surface area (Å²) >= 11 is 3.42. The van der Waals surface area contributed by atoms with Crippen LogP contribution in [0.1, 0.15) is 24.1 Å². The van der Waals surface area contributed by atoms with Crippen LogP contribution in [0.5, 0.6) is 0 Å². The second-order valence-electron chi connectivity index (χ2n) is 4.41. The van der Waals surface area contributed by atoms with Crippen molar-refractivity contribution in [3.63, 3.8) is 0 Å². The highest BCUT2D eigenvalue weighted by atomic mass is 79.9. The Bertz CT molecular complexity index is 572. The number of hydrogen-bond donors (Lipinski definition) is 1. The van der Waals surface area contributed by atoms with Crippen molar-refractivity contribution in [1.29, 1.82) is 0 Å². The molecule has 0 saturated carbocycles. The molecule has 0 spiro atoms. The first-order valence-corrected chi connectivity index (χ1v) is 6.78. The van der Waals surface area contributed by atoms with Crippen molar-refractivity contribution in [2.24, 2.45) is 0 Å². The van der Waals surface area contributed by atoms with Gasteiger partial charge in [0.2, 0.25) is 0 Å². The molecule has 100 valence electrons. The van der Waals surface area contributed by atoms with Crippen molar-refractivity contribution in [1.82, 2.24) is 5.32 Å². The summed E-state index contributed by atoms with van der Waals surface area (Å²) in [4.78, 5) is 0. The summed E-state index contributed by atoms with van der Waals surface area (Å²) in [7, 11) is 0. The average molecular weight is 326 g/mol.